The fourth-order valence-corrected chi connectivity index (χ4v) is 3.60. The van der Waals surface area contributed by atoms with Gasteiger partial charge in [-0.3, -0.25) is 4.79 Å². The molecule has 0 radical (unpaired) electrons. The number of aryl methyl sites for hydroxylation is 1. The van der Waals surface area contributed by atoms with Crippen LogP contribution < -0.4 is 10.1 Å². The Labute approximate surface area is 150 Å². The van der Waals surface area contributed by atoms with Crippen molar-refractivity contribution in [3.05, 3.63) is 62.7 Å². The van der Waals surface area contributed by atoms with Crippen LogP contribution in [0.15, 0.2) is 42.5 Å². The first-order chi connectivity index (χ1) is 10.9. The smallest absolute Gasteiger partial charge is 0.252 e. The fraction of sp³-hybridized carbons (Fsp3) is 0.316. The molecule has 1 unspecified atom stereocenters. The highest BCUT2D eigenvalue weighted by Gasteiger charge is 2.34. The van der Waals surface area contributed by atoms with Gasteiger partial charge in [0.05, 0.1) is 11.6 Å². The van der Waals surface area contributed by atoms with Crippen molar-refractivity contribution in [1.29, 1.82) is 0 Å². The number of rotatable bonds is 2. The molecule has 0 bridgehead atoms. The molecule has 2 aromatic carbocycles. The highest BCUT2D eigenvalue weighted by molar-refractivity contribution is 14.1. The van der Waals surface area contributed by atoms with Gasteiger partial charge in [-0.25, -0.2) is 0 Å². The third-order valence-electron chi connectivity index (χ3n) is 4.05. The standard InChI is InChI=1S/C19H20INO2/c1-12-8-9-14-16(11-19(2,3)23-17(14)10-12)21-18(22)13-6-4-5-7-15(13)20/h4-10,16H,11H2,1-3H3,(H,21,22). The van der Waals surface area contributed by atoms with Gasteiger partial charge in [0.15, 0.2) is 0 Å². The zero-order valence-electron chi connectivity index (χ0n) is 13.5. The number of ether oxygens (including phenoxy) is 1. The van der Waals surface area contributed by atoms with E-state index in [0.29, 0.717) is 5.56 Å². The molecule has 0 saturated carbocycles. The molecule has 1 atom stereocenters. The molecule has 3 nitrogen and oxygen atoms in total. The van der Waals surface area contributed by atoms with Crippen LogP contribution in [0, 0.1) is 10.5 Å². The second-order valence-electron chi connectivity index (χ2n) is 6.61. The molecule has 1 aliphatic rings. The molecule has 1 heterocycles. The van der Waals surface area contributed by atoms with Crippen LogP contribution in [-0.4, -0.2) is 11.5 Å². The topological polar surface area (TPSA) is 38.3 Å². The van der Waals surface area contributed by atoms with Crippen molar-refractivity contribution >= 4 is 28.5 Å². The van der Waals surface area contributed by atoms with E-state index in [4.69, 9.17) is 4.74 Å². The summed E-state index contributed by atoms with van der Waals surface area (Å²) in [6, 6.07) is 13.8. The molecular formula is C19H20INO2. The Hall–Kier alpha value is -1.56. The van der Waals surface area contributed by atoms with E-state index in [-0.39, 0.29) is 17.6 Å². The van der Waals surface area contributed by atoms with Gasteiger partial charge < -0.3 is 10.1 Å². The molecule has 2 aromatic rings. The quantitative estimate of drug-likeness (QED) is 0.719. The molecule has 0 saturated heterocycles. The Bertz CT molecular complexity index is 755. The lowest BCUT2D eigenvalue weighted by molar-refractivity contribution is 0.0619. The maximum absolute atomic E-state index is 12.7. The van der Waals surface area contributed by atoms with Crippen molar-refractivity contribution in [2.45, 2.75) is 38.8 Å². The van der Waals surface area contributed by atoms with Crippen LogP contribution in [0.25, 0.3) is 0 Å². The lowest BCUT2D eigenvalue weighted by atomic mass is 9.89. The first-order valence-corrected chi connectivity index (χ1v) is 8.78. The maximum Gasteiger partial charge on any atom is 0.252 e. The highest BCUT2D eigenvalue weighted by Crippen LogP contribution is 2.40. The van der Waals surface area contributed by atoms with Gasteiger partial charge >= 0.3 is 0 Å². The van der Waals surface area contributed by atoms with Crippen LogP contribution in [0.5, 0.6) is 5.75 Å². The largest absolute Gasteiger partial charge is 0.487 e. The van der Waals surface area contributed by atoms with Gasteiger partial charge in [0.1, 0.15) is 11.4 Å². The minimum Gasteiger partial charge on any atom is -0.487 e. The van der Waals surface area contributed by atoms with Gasteiger partial charge in [0, 0.05) is 15.6 Å². The minimum atomic E-state index is -0.303. The van der Waals surface area contributed by atoms with E-state index in [2.05, 4.69) is 53.9 Å². The third kappa shape index (κ3) is 3.52. The van der Waals surface area contributed by atoms with E-state index >= 15 is 0 Å². The Morgan fingerprint density at radius 3 is 2.74 bits per heavy atom. The van der Waals surface area contributed by atoms with Gasteiger partial charge in [-0.05, 0) is 67.1 Å². The molecule has 0 aliphatic carbocycles. The summed E-state index contributed by atoms with van der Waals surface area (Å²) in [4.78, 5) is 12.7. The minimum absolute atomic E-state index is 0.0378. The molecular weight excluding hydrogens is 401 g/mol. The maximum atomic E-state index is 12.7. The number of benzene rings is 2. The first kappa shape index (κ1) is 16.3. The first-order valence-electron chi connectivity index (χ1n) is 7.71. The van der Waals surface area contributed by atoms with Gasteiger partial charge in [-0.2, -0.15) is 0 Å². The number of halogens is 1. The van der Waals surface area contributed by atoms with E-state index < -0.39 is 0 Å². The summed E-state index contributed by atoms with van der Waals surface area (Å²) >= 11 is 2.20. The molecule has 120 valence electrons. The van der Waals surface area contributed by atoms with Crippen LogP contribution in [0.2, 0.25) is 0 Å². The Morgan fingerprint density at radius 1 is 1.26 bits per heavy atom. The summed E-state index contributed by atoms with van der Waals surface area (Å²) in [7, 11) is 0. The number of carbonyl (C=O) groups excluding carboxylic acids is 1. The number of hydrogen-bond acceptors (Lipinski definition) is 2. The average Bonchev–Trinajstić information content (AvgIpc) is 2.45. The Morgan fingerprint density at radius 2 is 2.00 bits per heavy atom. The fourth-order valence-electron chi connectivity index (χ4n) is 2.97. The van der Waals surface area contributed by atoms with Crippen molar-refractivity contribution < 1.29 is 9.53 Å². The molecule has 1 N–H and O–H groups in total. The highest BCUT2D eigenvalue weighted by atomic mass is 127. The number of nitrogens with one attached hydrogen (secondary N) is 1. The van der Waals surface area contributed by atoms with Crippen LogP contribution in [0.3, 0.4) is 0 Å². The number of carbonyl (C=O) groups is 1. The van der Waals surface area contributed by atoms with E-state index in [1.54, 1.807) is 0 Å². The predicted molar refractivity (Wildman–Crippen MR) is 99.9 cm³/mol. The molecule has 23 heavy (non-hydrogen) atoms. The van der Waals surface area contributed by atoms with Gasteiger partial charge in [-0.1, -0.05) is 24.3 Å². The number of amides is 1. The lowest BCUT2D eigenvalue weighted by Crippen LogP contribution is -2.41. The number of fused-ring (bicyclic) bond motifs is 1. The molecule has 4 heteroatoms. The third-order valence-corrected chi connectivity index (χ3v) is 4.99. The van der Waals surface area contributed by atoms with Crippen LogP contribution in [0.1, 0.15) is 47.8 Å². The summed E-state index contributed by atoms with van der Waals surface area (Å²) in [6.45, 7) is 6.17. The Balaban J connectivity index is 1.91. The second-order valence-corrected chi connectivity index (χ2v) is 7.78. The summed E-state index contributed by atoms with van der Waals surface area (Å²) in [5.41, 5.74) is 2.62. The normalized spacial score (nSPS) is 18.7. The van der Waals surface area contributed by atoms with Crippen molar-refractivity contribution in [1.82, 2.24) is 5.32 Å². The van der Waals surface area contributed by atoms with Gasteiger partial charge in [-0.15, -0.1) is 0 Å². The van der Waals surface area contributed by atoms with E-state index in [1.807, 2.05) is 37.3 Å². The molecule has 1 amide bonds. The SMILES string of the molecule is Cc1ccc2c(c1)OC(C)(C)CC2NC(=O)c1ccccc1I. The summed E-state index contributed by atoms with van der Waals surface area (Å²) in [5.74, 6) is 0.832. The summed E-state index contributed by atoms with van der Waals surface area (Å²) < 4.78 is 7.05. The van der Waals surface area contributed by atoms with Crippen LogP contribution in [0.4, 0.5) is 0 Å². The zero-order chi connectivity index (χ0) is 16.6. The lowest BCUT2D eigenvalue weighted by Gasteiger charge is -2.38. The molecule has 0 spiro atoms. The predicted octanol–water partition coefficient (Wildman–Crippen LogP) is 4.63. The van der Waals surface area contributed by atoms with E-state index in [9.17, 15) is 4.79 Å². The zero-order valence-corrected chi connectivity index (χ0v) is 15.7. The number of hydrogen-bond donors (Lipinski definition) is 1. The molecule has 0 aromatic heterocycles. The summed E-state index contributed by atoms with van der Waals surface area (Å²) in [6.07, 6.45) is 0.748. The van der Waals surface area contributed by atoms with Gasteiger partial charge in [0.25, 0.3) is 5.91 Å². The van der Waals surface area contributed by atoms with Crippen molar-refractivity contribution in [3.8, 4) is 5.75 Å². The Kier molecular flexibility index (Phi) is 4.36. The van der Waals surface area contributed by atoms with Crippen molar-refractivity contribution in [2.75, 3.05) is 0 Å². The van der Waals surface area contributed by atoms with Gasteiger partial charge in [0.2, 0.25) is 0 Å². The van der Waals surface area contributed by atoms with Crippen LogP contribution in [-0.2, 0) is 0 Å². The molecule has 0 fully saturated rings. The van der Waals surface area contributed by atoms with Crippen LogP contribution >= 0.6 is 22.6 Å². The van der Waals surface area contributed by atoms with E-state index in [0.717, 1.165) is 26.9 Å². The summed E-state index contributed by atoms with van der Waals surface area (Å²) in [5, 5.41) is 3.18. The monoisotopic (exact) mass is 421 g/mol. The van der Waals surface area contributed by atoms with E-state index in [1.165, 1.54) is 0 Å². The average molecular weight is 421 g/mol. The van der Waals surface area contributed by atoms with Crippen molar-refractivity contribution in [2.24, 2.45) is 0 Å². The van der Waals surface area contributed by atoms with Crippen molar-refractivity contribution in [3.63, 3.8) is 0 Å². The second kappa shape index (κ2) is 6.15. The molecule has 1 aliphatic heterocycles. The molecule has 3 rings (SSSR count).